The van der Waals surface area contributed by atoms with Crippen LogP contribution in [0.3, 0.4) is 0 Å². The standard InChI is InChI=1S/C22H19BrN2O2S/c1-16-10-12-20(13-11-16)28(26,27)25-22(18-8-5-9-19(23)14-18)15-21(24-25)17-6-3-2-4-7-17/h2-14,22H,15H2,1H3/t22-/m0/s1. The van der Waals surface area contributed by atoms with E-state index in [1.165, 1.54) is 4.41 Å². The molecule has 0 fully saturated rings. The summed E-state index contributed by atoms with van der Waals surface area (Å²) in [5.74, 6) is 0. The summed E-state index contributed by atoms with van der Waals surface area (Å²) in [6.45, 7) is 1.93. The lowest BCUT2D eigenvalue weighted by Crippen LogP contribution is -2.27. The minimum absolute atomic E-state index is 0.246. The van der Waals surface area contributed by atoms with Crippen molar-refractivity contribution in [1.82, 2.24) is 4.41 Å². The fourth-order valence-electron chi connectivity index (χ4n) is 3.30. The minimum atomic E-state index is -3.78. The zero-order valence-corrected chi connectivity index (χ0v) is 17.7. The fraction of sp³-hybridized carbons (Fsp3) is 0.136. The van der Waals surface area contributed by atoms with Crippen LogP contribution in [0.15, 0.2) is 93.3 Å². The third-order valence-corrected chi connectivity index (χ3v) is 6.97. The number of sulfonamides is 1. The normalized spacial score (nSPS) is 16.9. The van der Waals surface area contributed by atoms with Crippen LogP contribution in [0.2, 0.25) is 0 Å². The first-order valence-corrected chi connectivity index (χ1v) is 11.2. The van der Waals surface area contributed by atoms with Gasteiger partial charge in [-0.1, -0.05) is 76.1 Å². The smallest absolute Gasteiger partial charge is 0.200 e. The summed E-state index contributed by atoms with van der Waals surface area (Å²) in [7, 11) is -3.78. The second kappa shape index (κ2) is 7.53. The molecule has 0 amide bonds. The molecule has 1 heterocycles. The van der Waals surface area contributed by atoms with Crippen LogP contribution in [0.5, 0.6) is 0 Å². The van der Waals surface area contributed by atoms with Crippen molar-refractivity contribution in [2.45, 2.75) is 24.3 Å². The number of hydrazone groups is 1. The van der Waals surface area contributed by atoms with Crippen molar-refractivity contribution >= 4 is 31.7 Å². The predicted molar refractivity (Wildman–Crippen MR) is 115 cm³/mol. The Morgan fingerprint density at radius 2 is 1.68 bits per heavy atom. The molecule has 142 valence electrons. The van der Waals surface area contributed by atoms with Gasteiger partial charge in [0.1, 0.15) is 0 Å². The maximum absolute atomic E-state index is 13.4. The Labute approximate surface area is 173 Å². The Morgan fingerprint density at radius 3 is 2.36 bits per heavy atom. The molecule has 0 unspecified atom stereocenters. The lowest BCUT2D eigenvalue weighted by molar-refractivity contribution is 0.371. The Balaban J connectivity index is 1.81. The molecule has 4 rings (SSSR count). The van der Waals surface area contributed by atoms with E-state index >= 15 is 0 Å². The maximum atomic E-state index is 13.4. The molecule has 0 saturated carbocycles. The van der Waals surface area contributed by atoms with Crippen LogP contribution in [-0.2, 0) is 10.0 Å². The van der Waals surface area contributed by atoms with Crippen molar-refractivity contribution in [3.05, 3.63) is 100 Å². The van der Waals surface area contributed by atoms with Crippen LogP contribution < -0.4 is 0 Å². The number of hydrogen-bond acceptors (Lipinski definition) is 3. The second-order valence-corrected chi connectivity index (χ2v) is 9.49. The summed E-state index contributed by atoms with van der Waals surface area (Å²) < 4.78 is 29.0. The highest BCUT2D eigenvalue weighted by Gasteiger charge is 2.37. The molecule has 0 aromatic heterocycles. The monoisotopic (exact) mass is 454 g/mol. The third kappa shape index (κ3) is 3.62. The molecular weight excluding hydrogens is 436 g/mol. The summed E-state index contributed by atoms with van der Waals surface area (Å²) in [6, 6.07) is 23.9. The van der Waals surface area contributed by atoms with Gasteiger partial charge in [-0.3, -0.25) is 0 Å². The average Bonchev–Trinajstić information content (AvgIpc) is 3.15. The van der Waals surface area contributed by atoms with Crippen molar-refractivity contribution < 1.29 is 8.42 Å². The van der Waals surface area contributed by atoms with Crippen molar-refractivity contribution in [2.24, 2.45) is 5.10 Å². The number of aryl methyl sites for hydroxylation is 1. The van der Waals surface area contributed by atoms with E-state index in [4.69, 9.17) is 0 Å². The number of nitrogens with zero attached hydrogens (tertiary/aromatic N) is 2. The molecule has 3 aromatic rings. The Morgan fingerprint density at radius 1 is 0.964 bits per heavy atom. The van der Waals surface area contributed by atoms with E-state index in [9.17, 15) is 8.42 Å². The van der Waals surface area contributed by atoms with Gasteiger partial charge in [-0.05, 0) is 42.3 Å². The van der Waals surface area contributed by atoms with Crippen LogP contribution in [0.25, 0.3) is 0 Å². The second-order valence-electron chi connectivity index (χ2n) is 6.78. The minimum Gasteiger partial charge on any atom is -0.200 e. The third-order valence-electron chi connectivity index (χ3n) is 4.78. The summed E-state index contributed by atoms with van der Waals surface area (Å²) in [5, 5.41) is 4.56. The van der Waals surface area contributed by atoms with Gasteiger partial charge in [0, 0.05) is 10.9 Å². The highest BCUT2D eigenvalue weighted by Crippen LogP contribution is 2.37. The van der Waals surface area contributed by atoms with E-state index in [0.717, 1.165) is 26.9 Å². The molecule has 0 radical (unpaired) electrons. The Hall–Kier alpha value is -2.44. The van der Waals surface area contributed by atoms with Crippen molar-refractivity contribution in [3.8, 4) is 0 Å². The molecule has 1 aliphatic rings. The maximum Gasteiger partial charge on any atom is 0.279 e. The quantitative estimate of drug-likeness (QED) is 0.536. The van der Waals surface area contributed by atoms with Crippen molar-refractivity contribution in [1.29, 1.82) is 0 Å². The molecule has 28 heavy (non-hydrogen) atoms. The van der Waals surface area contributed by atoms with E-state index in [0.29, 0.717) is 6.42 Å². The predicted octanol–water partition coefficient (Wildman–Crippen LogP) is 5.30. The van der Waals surface area contributed by atoms with E-state index in [2.05, 4.69) is 21.0 Å². The molecule has 0 saturated heterocycles. The first-order chi connectivity index (χ1) is 13.4. The summed E-state index contributed by atoms with van der Waals surface area (Å²) in [5.41, 5.74) is 3.61. The molecule has 1 aliphatic heterocycles. The molecule has 1 atom stereocenters. The van der Waals surface area contributed by atoms with Crippen LogP contribution in [0.1, 0.15) is 29.2 Å². The summed E-state index contributed by atoms with van der Waals surface area (Å²) in [6.07, 6.45) is 0.519. The Kier molecular flexibility index (Phi) is 5.08. The molecule has 0 aliphatic carbocycles. The zero-order chi connectivity index (χ0) is 19.7. The van der Waals surface area contributed by atoms with Gasteiger partial charge < -0.3 is 0 Å². The number of benzene rings is 3. The number of rotatable bonds is 4. The number of hydrogen-bond donors (Lipinski definition) is 0. The molecule has 0 spiro atoms. The topological polar surface area (TPSA) is 49.7 Å². The van der Waals surface area contributed by atoms with Gasteiger partial charge in [0.25, 0.3) is 10.0 Å². The van der Waals surface area contributed by atoms with E-state index in [1.807, 2.05) is 61.5 Å². The van der Waals surface area contributed by atoms with Crippen LogP contribution in [0, 0.1) is 6.92 Å². The fourth-order valence-corrected chi connectivity index (χ4v) is 5.15. The lowest BCUT2D eigenvalue weighted by Gasteiger charge is -2.23. The van der Waals surface area contributed by atoms with Gasteiger partial charge in [-0.25, -0.2) is 0 Å². The van der Waals surface area contributed by atoms with Gasteiger partial charge in [-0.2, -0.15) is 17.9 Å². The van der Waals surface area contributed by atoms with E-state index < -0.39 is 10.0 Å². The largest absolute Gasteiger partial charge is 0.279 e. The van der Waals surface area contributed by atoms with Gasteiger partial charge in [0.2, 0.25) is 0 Å². The molecule has 0 N–H and O–H groups in total. The van der Waals surface area contributed by atoms with Gasteiger partial charge >= 0.3 is 0 Å². The molecule has 3 aromatic carbocycles. The van der Waals surface area contributed by atoms with E-state index in [1.54, 1.807) is 24.3 Å². The van der Waals surface area contributed by atoms with Crippen LogP contribution in [0.4, 0.5) is 0 Å². The zero-order valence-electron chi connectivity index (χ0n) is 15.3. The van der Waals surface area contributed by atoms with Gasteiger partial charge in [0.05, 0.1) is 16.6 Å². The molecular formula is C22H19BrN2O2S. The van der Waals surface area contributed by atoms with Crippen LogP contribution >= 0.6 is 15.9 Å². The van der Waals surface area contributed by atoms with Crippen molar-refractivity contribution in [3.63, 3.8) is 0 Å². The highest BCUT2D eigenvalue weighted by molar-refractivity contribution is 9.10. The molecule has 0 bridgehead atoms. The van der Waals surface area contributed by atoms with Gasteiger partial charge in [-0.15, -0.1) is 0 Å². The van der Waals surface area contributed by atoms with Gasteiger partial charge in [0.15, 0.2) is 0 Å². The average molecular weight is 455 g/mol. The number of halogens is 1. The van der Waals surface area contributed by atoms with Crippen molar-refractivity contribution in [2.75, 3.05) is 0 Å². The first kappa shape index (κ1) is 18.9. The summed E-state index contributed by atoms with van der Waals surface area (Å²) in [4.78, 5) is 0.246. The molecule has 6 heteroatoms. The highest BCUT2D eigenvalue weighted by atomic mass is 79.9. The van der Waals surface area contributed by atoms with E-state index in [-0.39, 0.29) is 10.9 Å². The summed E-state index contributed by atoms with van der Waals surface area (Å²) >= 11 is 3.49. The SMILES string of the molecule is Cc1ccc(S(=O)(=O)N2N=C(c3ccccc3)C[C@H]2c2cccc(Br)c2)cc1. The lowest BCUT2D eigenvalue weighted by atomic mass is 9.99. The first-order valence-electron chi connectivity index (χ1n) is 8.94. The molecule has 4 nitrogen and oxygen atoms in total. The Bertz CT molecular complexity index is 1130. The van der Waals surface area contributed by atoms with Crippen LogP contribution in [-0.4, -0.2) is 18.5 Å².